The normalized spacial score (nSPS) is 7.26. The summed E-state index contributed by atoms with van der Waals surface area (Å²) < 4.78 is 1.53. The zero-order valence-corrected chi connectivity index (χ0v) is 20.4. The summed E-state index contributed by atoms with van der Waals surface area (Å²) >= 11 is 27.4. The number of rotatable bonds is 0. The van der Waals surface area contributed by atoms with Crippen molar-refractivity contribution in [1.82, 2.24) is 14.7 Å². The fraction of sp³-hybridized carbons (Fsp3) is 0.667. The van der Waals surface area contributed by atoms with Crippen LogP contribution in [0, 0.1) is 35.6 Å². The van der Waals surface area contributed by atoms with Gasteiger partial charge in [0.25, 0.3) is 0 Å². The van der Waals surface area contributed by atoms with E-state index in [1.54, 1.807) is 14.7 Å². The molecule has 0 heterocycles. The van der Waals surface area contributed by atoms with Gasteiger partial charge in [-0.3, -0.25) is 0 Å². The van der Waals surface area contributed by atoms with Crippen LogP contribution in [0.4, 0.5) is 0 Å². The molecule has 0 N–H and O–H groups in total. The first-order chi connectivity index (χ1) is 7.93. The Balaban J connectivity index is -0.0000000865. The van der Waals surface area contributed by atoms with E-state index in [1.807, 2.05) is 42.3 Å². The maximum absolute atomic E-state index is 4.56. The standard InChI is InChI=1S/3C3H7NS2.La/c3*1-4(2)3(5)6;/h3*1-2H3,(H,5,6);/q;;;+3/p-3. The Labute approximate surface area is 178 Å². The first-order valence-electron chi connectivity index (χ1n) is 4.58. The van der Waals surface area contributed by atoms with Crippen LogP contribution in [-0.4, -0.2) is 69.9 Å². The van der Waals surface area contributed by atoms with Crippen molar-refractivity contribution in [3.8, 4) is 0 Å². The zero-order chi connectivity index (χ0) is 15.5. The van der Waals surface area contributed by atoms with Gasteiger partial charge < -0.3 is 89.2 Å². The van der Waals surface area contributed by atoms with Crippen LogP contribution in [0.3, 0.4) is 0 Å². The van der Waals surface area contributed by atoms with Gasteiger partial charge in [0.05, 0.1) is 0 Å². The maximum atomic E-state index is 4.56. The molecule has 0 saturated heterocycles. The predicted octanol–water partition coefficient (Wildman–Crippen LogP) is 1.14. The van der Waals surface area contributed by atoms with Crippen molar-refractivity contribution in [2.75, 3.05) is 42.3 Å². The van der Waals surface area contributed by atoms with Crippen molar-refractivity contribution in [1.29, 1.82) is 0 Å². The first-order valence-corrected chi connectivity index (χ1v) is 7.03. The quantitative estimate of drug-likeness (QED) is 0.356. The van der Waals surface area contributed by atoms with Crippen LogP contribution in [0.5, 0.6) is 0 Å². The summed E-state index contributed by atoms with van der Waals surface area (Å²) in [5.41, 5.74) is 0. The van der Waals surface area contributed by atoms with Crippen LogP contribution < -0.4 is 0 Å². The minimum atomic E-state index is 0. The van der Waals surface area contributed by atoms with Crippen LogP contribution in [0.15, 0.2) is 0 Å². The van der Waals surface area contributed by atoms with Crippen LogP contribution in [-0.2, 0) is 37.9 Å². The van der Waals surface area contributed by atoms with E-state index < -0.39 is 0 Å². The van der Waals surface area contributed by atoms with E-state index in [2.05, 4.69) is 74.5 Å². The fourth-order valence-electron chi connectivity index (χ4n) is 0. The Morgan fingerprint density at radius 3 is 0.632 bits per heavy atom. The van der Waals surface area contributed by atoms with Crippen molar-refractivity contribution in [2.24, 2.45) is 0 Å². The summed E-state index contributed by atoms with van der Waals surface area (Å²) in [4.78, 5) is 5.14. The van der Waals surface area contributed by atoms with Gasteiger partial charge >= 0.3 is 35.6 Å². The molecule has 0 aromatic heterocycles. The molecule has 0 aromatic rings. The molecule has 10 heteroatoms. The van der Waals surface area contributed by atoms with Crippen molar-refractivity contribution < 1.29 is 35.6 Å². The number of thiocarbonyl (C=S) groups is 3. The van der Waals surface area contributed by atoms with Gasteiger partial charge in [-0.1, -0.05) is 13.0 Å². The monoisotopic (exact) mass is 499 g/mol. The smallest absolute Gasteiger partial charge is 0.411 e. The Morgan fingerprint density at radius 1 is 0.579 bits per heavy atom. The van der Waals surface area contributed by atoms with Crippen LogP contribution in [0.1, 0.15) is 0 Å². The van der Waals surface area contributed by atoms with Crippen LogP contribution in [0.2, 0.25) is 0 Å². The van der Waals surface area contributed by atoms with E-state index in [-0.39, 0.29) is 35.6 Å². The molecule has 108 valence electrons. The molecule has 0 aliphatic carbocycles. The molecule has 0 atom stereocenters. The Hall–Kier alpha value is 1.52. The van der Waals surface area contributed by atoms with Crippen LogP contribution >= 0.6 is 36.7 Å². The number of hydrogen-bond acceptors (Lipinski definition) is 6. The first kappa shape index (κ1) is 28.7. The molecule has 0 saturated carbocycles. The molecule has 3 nitrogen and oxygen atoms in total. The molecule has 0 aliphatic heterocycles. The van der Waals surface area contributed by atoms with Crippen molar-refractivity contribution in [3.63, 3.8) is 0 Å². The van der Waals surface area contributed by atoms with E-state index in [0.717, 1.165) is 0 Å². The van der Waals surface area contributed by atoms with Crippen molar-refractivity contribution in [2.45, 2.75) is 0 Å². The molecule has 0 unspecified atom stereocenters. The topological polar surface area (TPSA) is 9.72 Å². The molecular weight excluding hydrogens is 481 g/mol. The third kappa shape index (κ3) is 32.8. The Kier molecular flexibility index (Phi) is 26.5. The fourth-order valence-corrected chi connectivity index (χ4v) is 0. The maximum Gasteiger partial charge on any atom is 3.00 e. The van der Waals surface area contributed by atoms with Gasteiger partial charge in [0.1, 0.15) is 0 Å². The summed E-state index contributed by atoms with van der Waals surface area (Å²) in [5, 5.41) is 0. The second-order valence-corrected chi connectivity index (χ2v) is 6.58. The largest absolute Gasteiger partial charge is 3.00 e. The third-order valence-corrected chi connectivity index (χ3v) is 3.29. The summed E-state index contributed by atoms with van der Waals surface area (Å²) in [6, 6.07) is 0. The molecule has 0 aromatic carbocycles. The molecule has 0 spiro atoms. The molecule has 19 heavy (non-hydrogen) atoms. The van der Waals surface area contributed by atoms with Gasteiger partial charge in [-0.05, 0) is 0 Å². The van der Waals surface area contributed by atoms with Crippen molar-refractivity contribution >= 4 is 87.5 Å². The van der Waals surface area contributed by atoms with Gasteiger partial charge in [-0.15, -0.1) is 0 Å². The average molecular weight is 500 g/mol. The Bertz CT molecular complexity index is 228. The predicted molar refractivity (Wildman–Crippen MR) is 101 cm³/mol. The second-order valence-electron chi connectivity index (χ2n) is 3.48. The van der Waals surface area contributed by atoms with E-state index in [1.165, 1.54) is 0 Å². The molecule has 0 fully saturated rings. The minimum absolute atomic E-state index is 0. The van der Waals surface area contributed by atoms with E-state index in [4.69, 9.17) is 0 Å². The number of nitrogens with zero attached hydrogens (tertiary/aromatic N) is 3. The zero-order valence-electron chi connectivity index (χ0n) is 11.9. The minimum Gasteiger partial charge on any atom is -0.411 e. The molecule has 0 aliphatic rings. The SMILES string of the molecule is CN(C)C(=S)[S-].CN(C)C(=S)[S-].CN(C)C(=S)[S-].[La+3]. The summed E-state index contributed by atoms with van der Waals surface area (Å²) in [6.07, 6.45) is 0. The van der Waals surface area contributed by atoms with Gasteiger partial charge in [0.15, 0.2) is 0 Å². The van der Waals surface area contributed by atoms with Gasteiger partial charge in [-0.25, -0.2) is 0 Å². The summed E-state index contributed by atoms with van der Waals surface area (Å²) in [7, 11) is 11.0. The van der Waals surface area contributed by atoms with E-state index in [0.29, 0.717) is 13.0 Å². The molecule has 0 amide bonds. The average Bonchev–Trinajstić information content (AvgIpc) is 2.18. The van der Waals surface area contributed by atoms with Gasteiger partial charge in [0.2, 0.25) is 0 Å². The molecule has 0 bridgehead atoms. The Morgan fingerprint density at radius 2 is 0.632 bits per heavy atom. The second kappa shape index (κ2) is 17.6. The number of hydrogen-bond donors (Lipinski definition) is 0. The molecular formula is C9H18LaN3S6. The molecule has 0 radical (unpaired) electrons. The van der Waals surface area contributed by atoms with E-state index >= 15 is 0 Å². The molecule has 0 rings (SSSR count). The summed E-state index contributed by atoms with van der Waals surface area (Å²) in [6.45, 7) is 0. The van der Waals surface area contributed by atoms with Crippen LogP contribution in [0.25, 0.3) is 0 Å². The van der Waals surface area contributed by atoms with Gasteiger partial charge in [-0.2, -0.15) is 0 Å². The van der Waals surface area contributed by atoms with E-state index in [9.17, 15) is 0 Å². The van der Waals surface area contributed by atoms with Crippen molar-refractivity contribution in [3.05, 3.63) is 0 Å². The summed E-state index contributed by atoms with van der Waals surface area (Å²) in [5.74, 6) is 0. The van der Waals surface area contributed by atoms with Gasteiger partial charge in [0, 0.05) is 42.3 Å². The third-order valence-electron chi connectivity index (χ3n) is 1.10.